The maximum absolute atomic E-state index is 4.69. The van der Waals surface area contributed by atoms with E-state index >= 15 is 0 Å². The van der Waals surface area contributed by atoms with E-state index in [-0.39, 0.29) is 0 Å². The molecule has 7 rings (SSSR count). The van der Waals surface area contributed by atoms with Gasteiger partial charge in [-0.25, -0.2) is 0 Å². The van der Waals surface area contributed by atoms with Crippen LogP contribution in [0.25, 0.3) is 56.0 Å². The van der Waals surface area contributed by atoms with Crippen molar-refractivity contribution in [1.29, 1.82) is 0 Å². The van der Waals surface area contributed by atoms with E-state index in [9.17, 15) is 0 Å². The molecule has 0 saturated carbocycles. The number of hydrogen-bond acceptors (Lipinski definition) is 2. The molecule has 0 aliphatic rings. The third-order valence-corrected chi connectivity index (χ3v) is 7.41. The van der Waals surface area contributed by atoms with Crippen LogP contribution in [-0.4, -0.2) is 19.3 Å². The number of nitrogens with zero attached hydrogens (tertiary/aromatic N) is 4. The lowest BCUT2D eigenvalue weighted by molar-refractivity contribution is 1.06. The molecular formula is C34H26N4. The van der Waals surface area contributed by atoms with Crippen LogP contribution in [0.1, 0.15) is 11.1 Å². The first-order valence-electron chi connectivity index (χ1n) is 12.9. The fourth-order valence-corrected chi connectivity index (χ4v) is 5.31. The van der Waals surface area contributed by atoms with Crippen molar-refractivity contribution in [3.8, 4) is 34.2 Å². The highest BCUT2D eigenvalue weighted by Crippen LogP contribution is 2.33. The molecular weight excluding hydrogens is 464 g/mol. The van der Waals surface area contributed by atoms with Crippen LogP contribution >= 0.6 is 0 Å². The maximum Gasteiger partial charge on any atom is 0.168 e. The Morgan fingerprint density at radius 1 is 0.447 bits per heavy atom. The van der Waals surface area contributed by atoms with Gasteiger partial charge in [0.15, 0.2) is 11.6 Å². The van der Waals surface area contributed by atoms with Crippen LogP contribution < -0.4 is 0 Å². The summed E-state index contributed by atoms with van der Waals surface area (Å²) in [4.78, 5) is 0. The first-order valence-corrected chi connectivity index (χ1v) is 12.9. The fourth-order valence-electron chi connectivity index (χ4n) is 5.31. The van der Waals surface area contributed by atoms with Crippen LogP contribution in [0.4, 0.5) is 0 Å². The molecule has 7 aromatic rings. The number of benzene rings is 5. The van der Waals surface area contributed by atoms with Crippen LogP contribution in [0.2, 0.25) is 0 Å². The number of aryl methyl sites for hydroxylation is 2. The molecule has 4 nitrogen and oxygen atoms in total. The molecule has 0 saturated heterocycles. The van der Waals surface area contributed by atoms with E-state index in [1.165, 1.54) is 32.9 Å². The zero-order valence-electron chi connectivity index (χ0n) is 21.3. The summed E-state index contributed by atoms with van der Waals surface area (Å²) < 4.78 is 4.50. The largest absolute Gasteiger partial charge is 0.309 e. The van der Waals surface area contributed by atoms with Gasteiger partial charge >= 0.3 is 0 Å². The highest BCUT2D eigenvalue weighted by molar-refractivity contribution is 6.09. The molecule has 2 aromatic heterocycles. The molecule has 38 heavy (non-hydrogen) atoms. The summed E-state index contributed by atoms with van der Waals surface area (Å²) in [5.41, 5.74) is 9.12. The molecule has 0 radical (unpaired) electrons. The average Bonchev–Trinajstić information content (AvgIpc) is 3.55. The highest BCUT2D eigenvalue weighted by atomic mass is 15.3. The molecule has 2 heterocycles. The Morgan fingerprint density at radius 3 is 1.58 bits per heavy atom. The second-order valence-electron chi connectivity index (χ2n) is 9.73. The van der Waals surface area contributed by atoms with Crippen LogP contribution in [0, 0.1) is 13.8 Å². The van der Waals surface area contributed by atoms with E-state index in [0.29, 0.717) is 0 Å². The predicted molar refractivity (Wildman–Crippen MR) is 156 cm³/mol. The number of hydrogen-bond donors (Lipinski definition) is 0. The minimum absolute atomic E-state index is 0.820. The Kier molecular flexibility index (Phi) is 5.19. The van der Waals surface area contributed by atoms with Gasteiger partial charge in [0, 0.05) is 33.3 Å². The monoisotopic (exact) mass is 490 g/mol. The van der Waals surface area contributed by atoms with Crippen LogP contribution in [0.15, 0.2) is 121 Å². The third kappa shape index (κ3) is 3.53. The normalized spacial score (nSPS) is 11.4. The van der Waals surface area contributed by atoms with E-state index in [4.69, 9.17) is 0 Å². The summed E-state index contributed by atoms with van der Waals surface area (Å²) in [6, 6.07) is 42.6. The second kappa shape index (κ2) is 8.86. The van der Waals surface area contributed by atoms with Gasteiger partial charge in [0.2, 0.25) is 0 Å². The molecule has 0 atom stereocenters. The summed E-state index contributed by atoms with van der Waals surface area (Å²) in [7, 11) is 0. The minimum atomic E-state index is 0.820. The second-order valence-corrected chi connectivity index (χ2v) is 9.73. The molecule has 0 N–H and O–H groups in total. The maximum atomic E-state index is 4.69. The standard InChI is InChI=1S/C34H26N4/c1-23-16-19-28(22-24(23)2)38-33(25-10-4-3-5-11-25)35-36-34(38)26-17-20-27(21-18-26)37-31-14-8-6-12-29(31)30-13-7-9-15-32(30)37/h3-22H,1-2H3. The number of rotatable bonds is 4. The van der Waals surface area contributed by atoms with Gasteiger partial charge < -0.3 is 4.57 Å². The number of fused-ring (bicyclic) bond motifs is 3. The van der Waals surface area contributed by atoms with E-state index in [1.807, 2.05) is 18.2 Å². The van der Waals surface area contributed by atoms with Crippen LogP contribution in [0.5, 0.6) is 0 Å². The van der Waals surface area contributed by atoms with Crippen molar-refractivity contribution in [2.45, 2.75) is 13.8 Å². The molecule has 0 aliphatic heterocycles. The first-order chi connectivity index (χ1) is 18.7. The predicted octanol–water partition coefficient (Wildman–Crippen LogP) is 8.32. The van der Waals surface area contributed by atoms with Crippen molar-refractivity contribution in [3.05, 3.63) is 132 Å². The zero-order valence-corrected chi connectivity index (χ0v) is 21.3. The Balaban J connectivity index is 1.39. The fraction of sp³-hybridized carbons (Fsp3) is 0.0588. The number of para-hydroxylation sites is 2. The van der Waals surface area contributed by atoms with Gasteiger partial charge in [-0.05, 0) is 73.5 Å². The van der Waals surface area contributed by atoms with Crippen molar-refractivity contribution in [2.75, 3.05) is 0 Å². The van der Waals surface area contributed by atoms with Crippen LogP contribution in [0.3, 0.4) is 0 Å². The molecule has 0 bridgehead atoms. The van der Waals surface area contributed by atoms with Gasteiger partial charge in [0.1, 0.15) is 0 Å². The lowest BCUT2D eigenvalue weighted by Crippen LogP contribution is -2.01. The summed E-state index contributed by atoms with van der Waals surface area (Å²) in [5.74, 6) is 1.65. The van der Waals surface area contributed by atoms with E-state index in [1.54, 1.807) is 0 Å². The van der Waals surface area contributed by atoms with Crippen molar-refractivity contribution in [2.24, 2.45) is 0 Å². The number of aromatic nitrogens is 4. The average molecular weight is 491 g/mol. The van der Waals surface area contributed by atoms with Crippen LogP contribution in [-0.2, 0) is 0 Å². The smallest absolute Gasteiger partial charge is 0.168 e. The summed E-state index contributed by atoms with van der Waals surface area (Å²) in [5, 5.41) is 11.9. The molecule has 4 heteroatoms. The first kappa shape index (κ1) is 22.3. The van der Waals surface area contributed by atoms with E-state index in [0.717, 1.165) is 34.2 Å². The van der Waals surface area contributed by atoms with E-state index < -0.39 is 0 Å². The van der Waals surface area contributed by atoms with Crippen molar-refractivity contribution < 1.29 is 0 Å². The van der Waals surface area contributed by atoms with Gasteiger partial charge in [-0.15, -0.1) is 10.2 Å². The van der Waals surface area contributed by atoms with Crippen molar-refractivity contribution >= 4 is 21.8 Å². The molecule has 0 amide bonds. The van der Waals surface area contributed by atoms with Gasteiger partial charge in [-0.1, -0.05) is 72.8 Å². The highest BCUT2D eigenvalue weighted by Gasteiger charge is 2.18. The lowest BCUT2D eigenvalue weighted by atomic mass is 10.1. The molecule has 5 aromatic carbocycles. The molecule has 0 fully saturated rings. The third-order valence-electron chi connectivity index (χ3n) is 7.41. The Labute approximate surface area is 221 Å². The topological polar surface area (TPSA) is 35.6 Å². The van der Waals surface area contributed by atoms with Crippen molar-refractivity contribution in [3.63, 3.8) is 0 Å². The molecule has 182 valence electrons. The van der Waals surface area contributed by atoms with Gasteiger partial charge in [-0.3, -0.25) is 4.57 Å². The van der Waals surface area contributed by atoms with E-state index in [2.05, 4.69) is 136 Å². The quantitative estimate of drug-likeness (QED) is 0.249. The van der Waals surface area contributed by atoms with Gasteiger partial charge in [0.05, 0.1) is 11.0 Å². The minimum Gasteiger partial charge on any atom is -0.309 e. The van der Waals surface area contributed by atoms with Gasteiger partial charge in [0.25, 0.3) is 0 Å². The lowest BCUT2D eigenvalue weighted by Gasteiger charge is -2.13. The van der Waals surface area contributed by atoms with Crippen molar-refractivity contribution in [1.82, 2.24) is 19.3 Å². The summed E-state index contributed by atoms with van der Waals surface area (Å²) in [6.07, 6.45) is 0. The SMILES string of the molecule is Cc1ccc(-n2c(-c3ccccc3)nnc2-c2ccc(-n3c4ccccc4c4ccccc43)cc2)cc1C. The van der Waals surface area contributed by atoms with Gasteiger partial charge in [-0.2, -0.15) is 0 Å². The zero-order chi connectivity index (χ0) is 25.6. The summed E-state index contributed by atoms with van der Waals surface area (Å²) in [6.45, 7) is 4.28. The Bertz CT molecular complexity index is 1870. The Morgan fingerprint density at radius 2 is 0.974 bits per heavy atom. The summed E-state index contributed by atoms with van der Waals surface area (Å²) >= 11 is 0. The molecule has 0 unspecified atom stereocenters. The molecule has 0 aliphatic carbocycles. The Hall–Kier alpha value is -4.96. The molecule has 0 spiro atoms.